The van der Waals surface area contributed by atoms with Gasteiger partial charge in [0.05, 0.1) is 9.95 Å². The summed E-state index contributed by atoms with van der Waals surface area (Å²) in [5.41, 5.74) is -0.416. The van der Waals surface area contributed by atoms with Crippen LogP contribution in [0.4, 0.5) is 5.69 Å². The summed E-state index contributed by atoms with van der Waals surface area (Å²) in [6, 6.07) is 7.62. The van der Waals surface area contributed by atoms with Crippen molar-refractivity contribution in [2.24, 2.45) is 0 Å². The van der Waals surface area contributed by atoms with Crippen LogP contribution < -0.4 is 0 Å². The molecule has 1 atom stereocenters. The molecule has 6 nitrogen and oxygen atoms in total. The van der Waals surface area contributed by atoms with Crippen molar-refractivity contribution in [3.8, 4) is 0 Å². The maximum atomic E-state index is 12.9. The van der Waals surface area contributed by atoms with Crippen LogP contribution in [-0.4, -0.2) is 19.1 Å². The number of thiophene rings is 1. The third-order valence-corrected chi connectivity index (χ3v) is 6.77. The standard InChI is InChI=1S/C13H13ClNO5PS/c1-19-21(18,20-2)13(12-4-3-7-22-12)10-6-5-9(15(16)17)8-11(10)14/h3-8,13H,1-2H3. The predicted octanol–water partition coefficient (Wildman–Crippen LogP) is 4.89. The van der Waals surface area contributed by atoms with Gasteiger partial charge in [-0.1, -0.05) is 17.7 Å². The molecule has 0 radical (unpaired) electrons. The van der Waals surface area contributed by atoms with Crippen LogP contribution >= 0.6 is 30.5 Å². The Labute approximate surface area is 136 Å². The first-order valence-corrected chi connectivity index (χ1v) is 8.98. The topological polar surface area (TPSA) is 78.7 Å². The zero-order valence-corrected chi connectivity index (χ0v) is 14.2. The molecule has 2 aromatic rings. The molecule has 1 unspecified atom stereocenters. The summed E-state index contributed by atoms with van der Waals surface area (Å²) in [6.45, 7) is 0. The van der Waals surface area contributed by atoms with E-state index in [-0.39, 0.29) is 10.7 Å². The Morgan fingerprint density at radius 1 is 1.32 bits per heavy atom. The van der Waals surface area contributed by atoms with Gasteiger partial charge in [0.25, 0.3) is 5.69 Å². The van der Waals surface area contributed by atoms with E-state index in [4.69, 9.17) is 20.6 Å². The Balaban J connectivity index is 2.60. The largest absolute Gasteiger partial charge is 0.342 e. The van der Waals surface area contributed by atoms with Gasteiger partial charge in [-0.15, -0.1) is 11.3 Å². The second-order valence-corrected chi connectivity index (χ2v) is 8.00. The molecule has 1 heterocycles. The van der Waals surface area contributed by atoms with E-state index in [0.29, 0.717) is 5.56 Å². The molecule has 22 heavy (non-hydrogen) atoms. The van der Waals surface area contributed by atoms with Crippen LogP contribution in [0.3, 0.4) is 0 Å². The summed E-state index contributed by atoms with van der Waals surface area (Å²) in [7, 11) is -0.920. The van der Waals surface area contributed by atoms with Crippen LogP contribution in [0.5, 0.6) is 0 Å². The number of nitro benzene ring substituents is 1. The maximum absolute atomic E-state index is 12.9. The first-order valence-electron chi connectivity index (χ1n) is 6.11. The zero-order valence-electron chi connectivity index (χ0n) is 11.8. The van der Waals surface area contributed by atoms with Gasteiger partial charge in [-0.2, -0.15) is 0 Å². The lowest BCUT2D eigenvalue weighted by atomic mass is 10.1. The second kappa shape index (κ2) is 6.89. The summed E-state index contributed by atoms with van der Waals surface area (Å²) in [4.78, 5) is 11.0. The molecule has 0 fully saturated rings. The fourth-order valence-corrected chi connectivity index (χ4v) is 5.25. The molecular weight excluding hydrogens is 349 g/mol. The first kappa shape index (κ1) is 17.1. The molecule has 118 valence electrons. The number of nitrogens with zero attached hydrogens (tertiary/aromatic N) is 1. The molecule has 0 saturated heterocycles. The maximum Gasteiger partial charge on any atom is 0.342 e. The number of rotatable bonds is 6. The van der Waals surface area contributed by atoms with Crippen molar-refractivity contribution in [1.29, 1.82) is 0 Å². The molecular formula is C13H13ClNO5PS. The number of halogens is 1. The van der Waals surface area contributed by atoms with Crippen molar-refractivity contribution in [3.63, 3.8) is 0 Å². The van der Waals surface area contributed by atoms with E-state index in [1.807, 2.05) is 11.4 Å². The van der Waals surface area contributed by atoms with Crippen LogP contribution in [0.15, 0.2) is 35.7 Å². The highest BCUT2D eigenvalue weighted by atomic mass is 35.5. The second-order valence-electron chi connectivity index (χ2n) is 4.29. The van der Waals surface area contributed by atoms with Gasteiger partial charge >= 0.3 is 7.60 Å². The highest BCUT2D eigenvalue weighted by molar-refractivity contribution is 7.54. The van der Waals surface area contributed by atoms with E-state index in [1.54, 1.807) is 6.07 Å². The Hall–Kier alpha value is -1.24. The monoisotopic (exact) mass is 361 g/mol. The number of benzene rings is 1. The summed E-state index contributed by atoms with van der Waals surface area (Å²) in [5.74, 6) is 0. The third kappa shape index (κ3) is 3.24. The lowest BCUT2D eigenvalue weighted by molar-refractivity contribution is -0.384. The van der Waals surface area contributed by atoms with Crippen LogP contribution in [0.25, 0.3) is 0 Å². The van der Waals surface area contributed by atoms with Crippen molar-refractivity contribution >= 4 is 36.2 Å². The quantitative estimate of drug-likeness (QED) is 0.416. The van der Waals surface area contributed by atoms with Crippen molar-refractivity contribution in [2.45, 2.75) is 5.66 Å². The minimum Gasteiger partial charge on any atom is -0.311 e. The van der Waals surface area contributed by atoms with E-state index < -0.39 is 18.2 Å². The van der Waals surface area contributed by atoms with Crippen LogP contribution in [0.1, 0.15) is 16.1 Å². The Morgan fingerprint density at radius 2 is 2.00 bits per heavy atom. The average molecular weight is 362 g/mol. The molecule has 1 aromatic heterocycles. The van der Waals surface area contributed by atoms with Crippen LogP contribution in [-0.2, 0) is 13.6 Å². The molecule has 0 aliphatic rings. The van der Waals surface area contributed by atoms with E-state index in [9.17, 15) is 14.7 Å². The molecule has 0 aliphatic heterocycles. The average Bonchev–Trinajstić information content (AvgIpc) is 3.02. The van der Waals surface area contributed by atoms with E-state index in [2.05, 4.69) is 0 Å². The summed E-state index contributed by atoms with van der Waals surface area (Å²) in [5, 5.41) is 12.8. The minimum atomic E-state index is -3.51. The molecule has 0 amide bonds. The number of hydrogen-bond acceptors (Lipinski definition) is 6. The smallest absolute Gasteiger partial charge is 0.311 e. The van der Waals surface area contributed by atoms with Crippen molar-refractivity contribution in [3.05, 3.63) is 61.3 Å². The molecule has 9 heteroatoms. The Morgan fingerprint density at radius 3 is 2.45 bits per heavy atom. The van der Waals surface area contributed by atoms with Gasteiger partial charge in [0.2, 0.25) is 0 Å². The molecule has 0 aliphatic carbocycles. The van der Waals surface area contributed by atoms with Crippen molar-refractivity contribution in [1.82, 2.24) is 0 Å². The number of non-ortho nitro benzene ring substituents is 1. The van der Waals surface area contributed by atoms with E-state index >= 15 is 0 Å². The molecule has 1 aromatic carbocycles. The molecule has 2 rings (SSSR count). The molecule has 0 bridgehead atoms. The van der Waals surface area contributed by atoms with Gasteiger partial charge in [-0.3, -0.25) is 14.7 Å². The van der Waals surface area contributed by atoms with E-state index in [0.717, 1.165) is 4.88 Å². The summed E-state index contributed by atoms with van der Waals surface area (Å²) >= 11 is 7.55. The minimum absolute atomic E-state index is 0.136. The fraction of sp³-hybridized carbons (Fsp3) is 0.231. The lowest BCUT2D eigenvalue weighted by Gasteiger charge is -2.24. The zero-order chi connectivity index (χ0) is 16.3. The fourth-order valence-electron chi connectivity index (χ4n) is 2.06. The van der Waals surface area contributed by atoms with Gasteiger partial charge in [0.1, 0.15) is 5.66 Å². The van der Waals surface area contributed by atoms with Gasteiger partial charge in [-0.25, -0.2) is 0 Å². The van der Waals surface area contributed by atoms with Crippen molar-refractivity contribution < 1.29 is 18.5 Å². The SMILES string of the molecule is COP(=O)(OC)C(c1cccs1)c1ccc([N+](=O)[O-])cc1Cl. The van der Waals surface area contributed by atoms with Crippen molar-refractivity contribution in [2.75, 3.05) is 14.2 Å². The molecule has 0 spiro atoms. The van der Waals surface area contributed by atoms with Gasteiger partial charge < -0.3 is 9.05 Å². The van der Waals surface area contributed by atoms with E-state index in [1.165, 1.54) is 43.8 Å². The molecule has 0 N–H and O–H groups in total. The van der Waals surface area contributed by atoms with Gasteiger partial charge in [0.15, 0.2) is 0 Å². The predicted molar refractivity (Wildman–Crippen MR) is 85.9 cm³/mol. The van der Waals surface area contributed by atoms with Gasteiger partial charge in [-0.05, 0) is 23.1 Å². The third-order valence-electron chi connectivity index (χ3n) is 3.13. The highest BCUT2D eigenvalue weighted by Gasteiger charge is 2.39. The van der Waals surface area contributed by atoms with Gasteiger partial charge in [0, 0.05) is 31.2 Å². The van der Waals surface area contributed by atoms with Crippen LogP contribution in [0, 0.1) is 10.1 Å². The molecule has 0 saturated carbocycles. The number of hydrogen-bond donors (Lipinski definition) is 0. The number of nitro groups is 1. The normalized spacial score (nSPS) is 13.0. The van der Waals surface area contributed by atoms with Crippen LogP contribution in [0.2, 0.25) is 5.02 Å². The highest BCUT2D eigenvalue weighted by Crippen LogP contribution is 2.64. The Kier molecular flexibility index (Phi) is 5.36. The summed E-state index contributed by atoms with van der Waals surface area (Å²) in [6.07, 6.45) is 0. The summed E-state index contributed by atoms with van der Waals surface area (Å²) < 4.78 is 23.1. The Bertz CT molecular complexity index is 713. The lowest BCUT2D eigenvalue weighted by Crippen LogP contribution is -2.05. The first-order chi connectivity index (χ1) is 10.4.